The summed E-state index contributed by atoms with van der Waals surface area (Å²) in [7, 11) is 0. The molecule has 1 aromatic carbocycles. The standard InChI is InChI=1S/C20H21F3N6O2/c1-12(2)17(26-19(31)25-14-6-4-3-5-7-14)18(30)24-10-16-28-27-15-9-8-13(11-29(15)16)20(21,22)23/h3-9,11-12,17H,10H2,1-2H3,(H,24,30)(H2,25,26,31). The number of urea groups is 1. The van der Waals surface area contributed by atoms with Gasteiger partial charge in [-0.25, -0.2) is 4.79 Å². The van der Waals surface area contributed by atoms with Crippen molar-refractivity contribution in [2.45, 2.75) is 32.6 Å². The molecule has 31 heavy (non-hydrogen) atoms. The molecule has 1 unspecified atom stereocenters. The van der Waals surface area contributed by atoms with Crippen LogP contribution in [0.5, 0.6) is 0 Å². The van der Waals surface area contributed by atoms with E-state index in [-0.39, 0.29) is 23.9 Å². The van der Waals surface area contributed by atoms with E-state index in [2.05, 4.69) is 26.1 Å². The molecular formula is C20H21F3N6O2. The minimum atomic E-state index is -4.52. The molecule has 0 bridgehead atoms. The Balaban J connectivity index is 1.67. The number of aromatic nitrogens is 3. The topological polar surface area (TPSA) is 100 Å². The molecule has 0 aliphatic carbocycles. The molecule has 2 aromatic heterocycles. The largest absolute Gasteiger partial charge is 0.417 e. The smallest absolute Gasteiger partial charge is 0.347 e. The predicted molar refractivity (Wildman–Crippen MR) is 107 cm³/mol. The zero-order valence-electron chi connectivity index (χ0n) is 16.8. The van der Waals surface area contributed by atoms with Crippen LogP contribution in [0.2, 0.25) is 0 Å². The third-order valence-corrected chi connectivity index (χ3v) is 4.49. The molecule has 0 spiro atoms. The van der Waals surface area contributed by atoms with Crippen LogP contribution in [0.3, 0.4) is 0 Å². The SMILES string of the molecule is CC(C)C(NC(=O)Nc1ccccc1)C(=O)NCc1nnc2ccc(C(F)(F)F)cn12. The molecule has 3 N–H and O–H groups in total. The van der Waals surface area contributed by atoms with Gasteiger partial charge in [-0.1, -0.05) is 32.0 Å². The number of halogens is 3. The Kier molecular flexibility index (Phi) is 6.42. The quantitative estimate of drug-likeness (QED) is 0.555. The molecule has 3 rings (SSSR count). The molecule has 0 aliphatic rings. The van der Waals surface area contributed by atoms with E-state index >= 15 is 0 Å². The van der Waals surface area contributed by atoms with Gasteiger partial charge in [0.25, 0.3) is 0 Å². The maximum Gasteiger partial charge on any atom is 0.417 e. The number of carbonyl (C=O) groups excluding carboxylic acids is 2. The first-order valence-electron chi connectivity index (χ1n) is 9.46. The molecule has 3 amide bonds. The van der Waals surface area contributed by atoms with Crippen LogP contribution in [0.4, 0.5) is 23.7 Å². The number of nitrogens with one attached hydrogen (secondary N) is 3. The van der Waals surface area contributed by atoms with Crippen molar-refractivity contribution in [2.24, 2.45) is 5.92 Å². The van der Waals surface area contributed by atoms with Gasteiger partial charge in [-0.2, -0.15) is 13.2 Å². The fourth-order valence-corrected chi connectivity index (χ4v) is 2.87. The van der Waals surface area contributed by atoms with Gasteiger partial charge < -0.3 is 16.0 Å². The van der Waals surface area contributed by atoms with E-state index in [1.54, 1.807) is 44.2 Å². The van der Waals surface area contributed by atoms with Crippen LogP contribution in [0.1, 0.15) is 25.2 Å². The second kappa shape index (κ2) is 9.02. The van der Waals surface area contributed by atoms with Crippen LogP contribution in [-0.4, -0.2) is 32.6 Å². The van der Waals surface area contributed by atoms with Gasteiger partial charge in [0.05, 0.1) is 12.1 Å². The molecule has 1 atom stereocenters. The molecule has 164 valence electrons. The van der Waals surface area contributed by atoms with Crippen molar-refractivity contribution in [3.8, 4) is 0 Å². The molecule has 2 heterocycles. The monoisotopic (exact) mass is 434 g/mol. The zero-order chi connectivity index (χ0) is 22.6. The average molecular weight is 434 g/mol. The number of hydrogen-bond acceptors (Lipinski definition) is 4. The fraction of sp³-hybridized carbons (Fsp3) is 0.300. The number of fused-ring (bicyclic) bond motifs is 1. The number of amides is 3. The lowest BCUT2D eigenvalue weighted by Crippen LogP contribution is -2.50. The third-order valence-electron chi connectivity index (χ3n) is 4.49. The summed E-state index contributed by atoms with van der Waals surface area (Å²) in [5, 5.41) is 15.5. The van der Waals surface area contributed by atoms with Crippen molar-refractivity contribution in [1.29, 1.82) is 0 Å². The fourth-order valence-electron chi connectivity index (χ4n) is 2.87. The lowest BCUT2D eigenvalue weighted by atomic mass is 10.0. The van der Waals surface area contributed by atoms with Gasteiger partial charge in [0.1, 0.15) is 6.04 Å². The highest BCUT2D eigenvalue weighted by molar-refractivity contribution is 5.93. The highest BCUT2D eigenvalue weighted by atomic mass is 19.4. The summed E-state index contributed by atoms with van der Waals surface area (Å²) in [6, 6.07) is 9.43. The molecule has 3 aromatic rings. The Bertz CT molecular complexity index is 1070. The molecule has 0 saturated heterocycles. The van der Waals surface area contributed by atoms with Gasteiger partial charge in [0.15, 0.2) is 11.5 Å². The zero-order valence-corrected chi connectivity index (χ0v) is 16.8. The van der Waals surface area contributed by atoms with Crippen LogP contribution in [-0.2, 0) is 17.5 Å². The van der Waals surface area contributed by atoms with Crippen LogP contribution in [0.25, 0.3) is 5.65 Å². The van der Waals surface area contributed by atoms with Gasteiger partial charge in [0.2, 0.25) is 5.91 Å². The van der Waals surface area contributed by atoms with Gasteiger partial charge in [0, 0.05) is 11.9 Å². The summed E-state index contributed by atoms with van der Waals surface area (Å²) >= 11 is 0. The van der Waals surface area contributed by atoms with Crippen molar-refractivity contribution in [3.05, 3.63) is 60.0 Å². The number of rotatable bonds is 6. The summed E-state index contributed by atoms with van der Waals surface area (Å²) in [5.41, 5.74) is -0.0666. The first-order chi connectivity index (χ1) is 14.6. The van der Waals surface area contributed by atoms with Crippen LogP contribution in [0, 0.1) is 5.92 Å². The number of carbonyl (C=O) groups is 2. The summed E-state index contributed by atoms with van der Waals surface area (Å²) < 4.78 is 40.1. The molecule has 0 aliphatic heterocycles. The Morgan fingerprint density at radius 2 is 1.77 bits per heavy atom. The van der Waals surface area contributed by atoms with E-state index in [1.807, 2.05) is 0 Å². The summed E-state index contributed by atoms with van der Waals surface area (Å²) in [4.78, 5) is 24.9. The summed E-state index contributed by atoms with van der Waals surface area (Å²) in [5.74, 6) is -0.610. The maximum absolute atomic E-state index is 13.0. The Morgan fingerprint density at radius 1 is 1.06 bits per heavy atom. The summed E-state index contributed by atoms with van der Waals surface area (Å²) in [6.45, 7) is 3.36. The van der Waals surface area contributed by atoms with Crippen molar-refractivity contribution < 1.29 is 22.8 Å². The first kappa shape index (κ1) is 22.1. The molecule has 11 heteroatoms. The van der Waals surface area contributed by atoms with Gasteiger partial charge >= 0.3 is 12.2 Å². The molecular weight excluding hydrogens is 413 g/mol. The van der Waals surface area contributed by atoms with E-state index < -0.39 is 29.7 Å². The second-order valence-electron chi connectivity index (χ2n) is 7.16. The molecule has 0 radical (unpaired) electrons. The van der Waals surface area contributed by atoms with Crippen molar-refractivity contribution in [1.82, 2.24) is 25.2 Å². The maximum atomic E-state index is 13.0. The summed E-state index contributed by atoms with van der Waals surface area (Å²) in [6.07, 6.45) is -3.64. The second-order valence-corrected chi connectivity index (χ2v) is 7.16. The normalized spacial score (nSPS) is 12.6. The Hall–Kier alpha value is -3.63. The lowest BCUT2D eigenvalue weighted by Gasteiger charge is -2.21. The number of pyridine rings is 1. The Labute approximate surface area is 175 Å². The van der Waals surface area contributed by atoms with Crippen molar-refractivity contribution in [2.75, 3.05) is 5.32 Å². The number of nitrogens with zero attached hydrogens (tertiary/aromatic N) is 3. The lowest BCUT2D eigenvalue weighted by molar-refractivity contribution is -0.137. The van der Waals surface area contributed by atoms with Gasteiger partial charge in [-0.15, -0.1) is 10.2 Å². The molecule has 0 saturated carbocycles. The number of benzene rings is 1. The molecule has 8 nitrogen and oxygen atoms in total. The minimum absolute atomic E-state index is 0.130. The van der Waals surface area contributed by atoms with Crippen LogP contribution in [0.15, 0.2) is 48.7 Å². The van der Waals surface area contributed by atoms with E-state index in [0.29, 0.717) is 5.69 Å². The first-order valence-corrected chi connectivity index (χ1v) is 9.46. The average Bonchev–Trinajstić information content (AvgIpc) is 3.12. The number of para-hydroxylation sites is 1. The van der Waals surface area contributed by atoms with E-state index in [4.69, 9.17) is 0 Å². The number of alkyl halides is 3. The third kappa shape index (κ3) is 5.50. The highest BCUT2D eigenvalue weighted by Gasteiger charge is 2.31. The number of anilines is 1. The van der Waals surface area contributed by atoms with Crippen LogP contribution >= 0.6 is 0 Å². The van der Waals surface area contributed by atoms with Crippen molar-refractivity contribution in [3.63, 3.8) is 0 Å². The van der Waals surface area contributed by atoms with Crippen molar-refractivity contribution >= 4 is 23.3 Å². The van der Waals surface area contributed by atoms with E-state index in [9.17, 15) is 22.8 Å². The van der Waals surface area contributed by atoms with Gasteiger partial charge in [-0.3, -0.25) is 9.20 Å². The minimum Gasteiger partial charge on any atom is -0.347 e. The van der Waals surface area contributed by atoms with E-state index in [1.165, 1.54) is 10.5 Å². The van der Waals surface area contributed by atoms with Gasteiger partial charge in [-0.05, 0) is 30.2 Å². The predicted octanol–water partition coefficient (Wildman–Crippen LogP) is 3.21. The van der Waals surface area contributed by atoms with E-state index in [0.717, 1.165) is 12.3 Å². The number of hydrogen-bond donors (Lipinski definition) is 3. The Morgan fingerprint density at radius 3 is 2.42 bits per heavy atom. The molecule has 0 fully saturated rings. The highest BCUT2D eigenvalue weighted by Crippen LogP contribution is 2.29. The van der Waals surface area contributed by atoms with Crippen LogP contribution < -0.4 is 16.0 Å².